The Kier molecular flexibility index (Phi) is 4.02. The van der Waals surface area contributed by atoms with Crippen LogP contribution in [-0.2, 0) is 0 Å². The third-order valence-corrected chi connectivity index (χ3v) is 3.32. The van der Waals surface area contributed by atoms with Gasteiger partial charge < -0.3 is 15.7 Å². The SMILES string of the molecule is Cc1ccc(N[C@H]2CC[C@@H](NC(=O)O)CC2)nc1. The summed E-state index contributed by atoms with van der Waals surface area (Å²) in [5, 5.41) is 14.6. The van der Waals surface area contributed by atoms with Crippen molar-refractivity contribution in [3.05, 3.63) is 23.9 Å². The Balaban J connectivity index is 1.79. The van der Waals surface area contributed by atoms with Gasteiger partial charge in [-0.15, -0.1) is 0 Å². The van der Waals surface area contributed by atoms with E-state index < -0.39 is 6.09 Å². The average molecular weight is 249 g/mol. The zero-order valence-electron chi connectivity index (χ0n) is 10.5. The molecule has 0 aromatic carbocycles. The second kappa shape index (κ2) is 5.71. The molecule has 2 rings (SSSR count). The first-order chi connectivity index (χ1) is 8.63. The highest BCUT2D eigenvalue weighted by molar-refractivity contribution is 5.64. The summed E-state index contributed by atoms with van der Waals surface area (Å²) in [5.41, 5.74) is 1.15. The van der Waals surface area contributed by atoms with E-state index in [1.54, 1.807) is 0 Å². The zero-order valence-corrected chi connectivity index (χ0v) is 10.5. The molecule has 3 N–H and O–H groups in total. The molecule has 0 saturated heterocycles. The first-order valence-electron chi connectivity index (χ1n) is 6.32. The number of aryl methyl sites for hydroxylation is 1. The van der Waals surface area contributed by atoms with Gasteiger partial charge in [0.1, 0.15) is 5.82 Å². The molecule has 1 amide bonds. The Bertz CT molecular complexity index is 397. The van der Waals surface area contributed by atoms with E-state index in [0.29, 0.717) is 6.04 Å². The van der Waals surface area contributed by atoms with Crippen molar-refractivity contribution in [1.82, 2.24) is 10.3 Å². The van der Waals surface area contributed by atoms with Gasteiger partial charge in [0.2, 0.25) is 0 Å². The van der Waals surface area contributed by atoms with Crippen LogP contribution < -0.4 is 10.6 Å². The first kappa shape index (κ1) is 12.7. The van der Waals surface area contributed by atoms with Crippen LogP contribution in [0.15, 0.2) is 18.3 Å². The van der Waals surface area contributed by atoms with E-state index in [1.165, 1.54) is 0 Å². The summed E-state index contributed by atoms with van der Waals surface area (Å²) < 4.78 is 0. The van der Waals surface area contributed by atoms with Crippen LogP contribution in [-0.4, -0.2) is 28.3 Å². The van der Waals surface area contributed by atoms with E-state index in [-0.39, 0.29) is 6.04 Å². The van der Waals surface area contributed by atoms with Crippen molar-refractivity contribution in [2.75, 3.05) is 5.32 Å². The lowest BCUT2D eigenvalue weighted by Gasteiger charge is -2.29. The molecule has 5 heteroatoms. The van der Waals surface area contributed by atoms with E-state index >= 15 is 0 Å². The number of rotatable bonds is 3. The average Bonchev–Trinajstić information content (AvgIpc) is 2.34. The Morgan fingerprint density at radius 3 is 2.50 bits per heavy atom. The lowest BCUT2D eigenvalue weighted by Crippen LogP contribution is -2.39. The Hall–Kier alpha value is -1.78. The minimum Gasteiger partial charge on any atom is -0.465 e. The molecule has 18 heavy (non-hydrogen) atoms. The fourth-order valence-electron chi connectivity index (χ4n) is 2.32. The van der Waals surface area contributed by atoms with Crippen LogP contribution >= 0.6 is 0 Å². The Morgan fingerprint density at radius 1 is 1.28 bits per heavy atom. The molecule has 1 aliphatic carbocycles. The number of nitrogens with one attached hydrogen (secondary N) is 2. The van der Waals surface area contributed by atoms with Gasteiger partial charge >= 0.3 is 6.09 Å². The molecule has 1 aromatic rings. The van der Waals surface area contributed by atoms with Crippen molar-refractivity contribution in [2.24, 2.45) is 0 Å². The van der Waals surface area contributed by atoms with Gasteiger partial charge in [-0.1, -0.05) is 6.07 Å². The summed E-state index contributed by atoms with van der Waals surface area (Å²) in [6.07, 6.45) is 4.64. The molecule has 0 bridgehead atoms. The summed E-state index contributed by atoms with van der Waals surface area (Å²) in [4.78, 5) is 14.9. The lowest BCUT2D eigenvalue weighted by atomic mass is 9.91. The van der Waals surface area contributed by atoms with Gasteiger partial charge in [-0.3, -0.25) is 0 Å². The second-order valence-corrected chi connectivity index (χ2v) is 4.86. The number of hydrogen-bond donors (Lipinski definition) is 3. The number of carboxylic acid groups (broad SMARTS) is 1. The molecule has 1 saturated carbocycles. The highest BCUT2D eigenvalue weighted by atomic mass is 16.4. The molecular weight excluding hydrogens is 230 g/mol. The summed E-state index contributed by atoms with van der Waals surface area (Å²) >= 11 is 0. The molecule has 1 aliphatic rings. The predicted molar refractivity (Wildman–Crippen MR) is 69.8 cm³/mol. The molecule has 5 nitrogen and oxygen atoms in total. The quantitative estimate of drug-likeness (QED) is 0.769. The Morgan fingerprint density at radius 2 is 1.94 bits per heavy atom. The van der Waals surface area contributed by atoms with Gasteiger partial charge in [-0.2, -0.15) is 0 Å². The molecular formula is C13H19N3O2. The fourth-order valence-corrected chi connectivity index (χ4v) is 2.32. The van der Waals surface area contributed by atoms with Gasteiger partial charge in [0, 0.05) is 18.3 Å². The van der Waals surface area contributed by atoms with Crippen LogP contribution in [0.1, 0.15) is 31.2 Å². The maximum absolute atomic E-state index is 10.5. The van der Waals surface area contributed by atoms with Gasteiger partial charge in [0.25, 0.3) is 0 Å². The predicted octanol–water partition coefficient (Wildman–Crippen LogP) is 2.38. The molecule has 0 unspecified atom stereocenters. The number of anilines is 1. The molecule has 0 radical (unpaired) electrons. The zero-order chi connectivity index (χ0) is 13.0. The van der Waals surface area contributed by atoms with E-state index in [0.717, 1.165) is 37.1 Å². The maximum atomic E-state index is 10.5. The van der Waals surface area contributed by atoms with Crippen molar-refractivity contribution < 1.29 is 9.90 Å². The van der Waals surface area contributed by atoms with Crippen molar-refractivity contribution >= 4 is 11.9 Å². The minimum absolute atomic E-state index is 0.103. The second-order valence-electron chi connectivity index (χ2n) is 4.86. The molecule has 0 atom stereocenters. The molecule has 1 fully saturated rings. The Labute approximate surface area is 107 Å². The number of carbonyl (C=O) groups is 1. The number of aromatic nitrogens is 1. The van der Waals surface area contributed by atoms with Gasteiger partial charge in [-0.05, 0) is 44.2 Å². The molecule has 98 valence electrons. The van der Waals surface area contributed by atoms with Crippen molar-refractivity contribution in [3.63, 3.8) is 0 Å². The summed E-state index contributed by atoms with van der Waals surface area (Å²) in [6.45, 7) is 2.01. The molecule has 0 spiro atoms. The third kappa shape index (κ3) is 3.61. The van der Waals surface area contributed by atoms with E-state index in [1.807, 2.05) is 25.3 Å². The van der Waals surface area contributed by atoms with Gasteiger partial charge in [0.05, 0.1) is 0 Å². The highest BCUT2D eigenvalue weighted by Crippen LogP contribution is 2.21. The van der Waals surface area contributed by atoms with Crippen molar-refractivity contribution in [2.45, 2.75) is 44.7 Å². The summed E-state index contributed by atoms with van der Waals surface area (Å²) in [6, 6.07) is 4.52. The normalized spacial score (nSPS) is 23.4. The largest absolute Gasteiger partial charge is 0.465 e. The van der Waals surface area contributed by atoms with Crippen LogP contribution in [0.5, 0.6) is 0 Å². The van der Waals surface area contributed by atoms with Crippen molar-refractivity contribution in [1.29, 1.82) is 0 Å². The van der Waals surface area contributed by atoms with E-state index in [9.17, 15) is 4.79 Å². The van der Waals surface area contributed by atoms with E-state index in [2.05, 4.69) is 15.6 Å². The fraction of sp³-hybridized carbons (Fsp3) is 0.538. The first-order valence-corrected chi connectivity index (χ1v) is 6.32. The third-order valence-electron chi connectivity index (χ3n) is 3.32. The molecule has 0 aliphatic heterocycles. The minimum atomic E-state index is -0.924. The number of pyridine rings is 1. The monoisotopic (exact) mass is 249 g/mol. The lowest BCUT2D eigenvalue weighted by molar-refractivity contribution is 0.185. The van der Waals surface area contributed by atoms with Gasteiger partial charge in [0.15, 0.2) is 0 Å². The molecule has 1 heterocycles. The van der Waals surface area contributed by atoms with Gasteiger partial charge in [-0.25, -0.2) is 9.78 Å². The van der Waals surface area contributed by atoms with Crippen LogP contribution in [0.25, 0.3) is 0 Å². The van der Waals surface area contributed by atoms with Crippen molar-refractivity contribution in [3.8, 4) is 0 Å². The standard InChI is InChI=1S/C13H19N3O2/c1-9-2-7-12(14-8-9)15-10-3-5-11(6-4-10)16-13(17)18/h2,7-8,10-11,16H,3-6H2,1H3,(H,14,15)(H,17,18)/t10-,11+. The summed E-state index contributed by atoms with van der Waals surface area (Å²) in [5.74, 6) is 0.898. The van der Waals surface area contributed by atoms with E-state index in [4.69, 9.17) is 5.11 Å². The molecule has 1 aromatic heterocycles. The smallest absolute Gasteiger partial charge is 0.404 e. The number of hydrogen-bond acceptors (Lipinski definition) is 3. The van der Waals surface area contributed by atoms with Crippen LogP contribution in [0.4, 0.5) is 10.6 Å². The summed E-state index contributed by atoms with van der Waals surface area (Å²) in [7, 11) is 0. The maximum Gasteiger partial charge on any atom is 0.404 e. The van der Waals surface area contributed by atoms with Crippen LogP contribution in [0.2, 0.25) is 0 Å². The topological polar surface area (TPSA) is 74.2 Å². The number of amides is 1. The van der Waals surface area contributed by atoms with Crippen LogP contribution in [0, 0.1) is 6.92 Å². The van der Waals surface area contributed by atoms with Crippen LogP contribution in [0.3, 0.4) is 0 Å². The number of nitrogens with zero attached hydrogens (tertiary/aromatic N) is 1. The highest BCUT2D eigenvalue weighted by Gasteiger charge is 2.22.